The smallest absolute Gasteiger partial charge is 0.311 e. The van der Waals surface area contributed by atoms with Crippen LogP contribution in [0.4, 0.5) is 0 Å². The molecule has 3 heteroatoms. The molecule has 0 spiro atoms. The molecule has 3 nitrogen and oxygen atoms in total. The first-order chi connectivity index (χ1) is 8.57. The van der Waals surface area contributed by atoms with Gasteiger partial charge in [-0.25, -0.2) is 0 Å². The van der Waals surface area contributed by atoms with Crippen molar-refractivity contribution >= 4 is 5.97 Å². The van der Waals surface area contributed by atoms with Crippen molar-refractivity contribution in [2.45, 2.75) is 37.7 Å². The minimum Gasteiger partial charge on any atom is -0.469 e. The van der Waals surface area contributed by atoms with E-state index in [1.807, 2.05) is 18.2 Å². The van der Waals surface area contributed by atoms with Crippen LogP contribution in [0, 0.1) is 5.92 Å². The summed E-state index contributed by atoms with van der Waals surface area (Å²) in [5.74, 6) is -0.663. The summed E-state index contributed by atoms with van der Waals surface area (Å²) >= 11 is 0. The lowest BCUT2D eigenvalue weighted by Gasteiger charge is -2.40. The molecule has 98 valence electrons. The number of hydrogen-bond donors (Lipinski definition) is 1. The van der Waals surface area contributed by atoms with Gasteiger partial charge in [-0.1, -0.05) is 37.3 Å². The van der Waals surface area contributed by atoms with Crippen molar-refractivity contribution in [3.63, 3.8) is 0 Å². The summed E-state index contributed by atoms with van der Waals surface area (Å²) < 4.78 is 4.74. The van der Waals surface area contributed by atoms with Crippen molar-refractivity contribution in [3.05, 3.63) is 35.9 Å². The van der Waals surface area contributed by atoms with Crippen molar-refractivity contribution in [1.82, 2.24) is 0 Å². The number of methoxy groups -OCH3 is 1. The standard InChI is InChI=1S/C15H20O3/c1-15(11-6-4-3-5-7-11)9-8-12(13(16)10-15)14(17)18-2/h3-7,12-13,16H,8-10H2,1-2H3/t12-,13-,15+/m1/s1. The summed E-state index contributed by atoms with van der Waals surface area (Å²) in [6.45, 7) is 2.15. The van der Waals surface area contributed by atoms with E-state index in [1.54, 1.807) is 0 Å². The van der Waals surface area contributed by atoms with Gasteiger partial charge in [0.15, 0.2) is 0 Å². The second-order valence-corrected chi connectivity index (χ2v) is 5.37. The number of carbonyl (C=O) groups excluding carboxylic acids is 1. The van der Waals surface area contributed by atoms with Gasteiger partial charge < -0.3 is 9.84 Å². The third kappa shape index (κ3) is 2.41. The fourth-order valence-electron chi connectivity index (χ4n) is 2.90. The minimum absolute atomic E-state index is 0.0504. The van der Waals surface area contributed by atoms with Crippen LogP contribution in [-0.2, 0) is 14.9 Å². The van der Waals surface area contributed by atoms with E-state index in [9.17, 15) is 9.90 Å². The Hall–Kier alpha value is -1.35. The Morgan fingerprint density at radius 2 is 2.06 bits per heavy atom. The monoisotopic (exact) mass is 248 g/mol. The lowest BCUT2D eigenvalue weighted by Crippen LogP contribution is -2.41. The molecule has 1 N–H and O–H groups in total. The van der Waals surface area contributed by atoms with Crippen LogP contribution in [0.2, 0.25) is 0 Å². The molecule has 0 radical (unpaired) electrons. The summed E-state index contributed by atoms with van der Waals surface area (Å²) in [4.78, 5) is 11.5. The van der Waals surface area contributed by atoms with Crippen LogP contribution in [0.1, 0.15) is 31.7 Å². The Kier molecular flexibility index (Phi) is 3.71. The van der Waals surface area contributed by atoms with Crippen LogP contribution in [0.5, 0.6) is 0 Å². The summed E-state index contributed by atoms with van der Waals surface area (Å²) in [7, 11) is 1.38. The van der Waals surface area contributed by atoms with Gasteiger partial charge in [0.25, 0.3) is 0 Å². The van der Waals surface area contributed by atoms with Gasteiger partial charge in [-0.2, -0.15) is 0 Å². The molecule has 0 heterocycles. The van der Waals surface area contributed by atoms with Gasteiger partial charge in [0.1, 0.15) is 0 Å². The molecule has 0 aliphatic heterocycles. The molecule has 18 heavy (non-hydrogen) atoms. The molecular weight excluding hydrogens is 228 g/mol. The number of esters is 1. The fourth-order valence-corrected chi connectivity index (χ4v) is 2.90. The SMILES string of the molecule is COC(=O)[C@@H]1CC[C@](C)(c2ccccc2)C[C@H]1O. The van der Waals surface area contributed by atoms with E-state index in [1.165, 1.54) is 12.7 Å². The predicted molar refractivity (Wildman–Crippen MR) is 69.2 cm³/mol. The second-order valence-electron chi connectivity index (χ2n) is 5.37. The van der Waals surface area contributed by atoms with Gasteiger partial charge in [-0.05, 0) is 30.2 Å². The molecule has 1 fully saturated rings. The minimum atomic E-state index is -0.614. The van der Waals surface area contributed by atoms with Crippen LogP contribution in [0.3, 0.4) is 0 Å². The van der Waals surface area contributed by atoms with E-state index in [2.05, 4.69) is 19.1 Å². The largest absolute Gasteiger partial charge is 0.469 e. The maximum absolute atomic E-state index is 11.5. The van der Waals surface area contributed by atoms with Crippen LogP contribution in [0.25, 0.3) is 0 Å². The lowest BCUT2D eigenvalue weighted by atomic mass is 9.66. The zero-order valence-corrected chi connectivity index (χ0v) is 10.9. The Labute approximate surface area is 108 Å². The molecule has 0 saturated heterocycles. The van der Waals surface area contributed by atoms with E-state index < -0.39 is 6.10 Å². The maximum atomic E-state index is 11.5. The van der Waals surface area contributed by atoms with Gasteiger partial charge >= 0.3 is 5.97 Å². The molecule has 1 saturated carbocycles. The molecule has 2 rings (SSSR count). The second kappa shape index (κ2) is 5.11. The molecule has 3 atom stereocenters. The molecule has 0 unspecified atom stereocenters. The average Bonchev–Trinajstić information content (AvgIpc) is 2.39. The number of ether oxygens (including phenoxy) is 1. The van der Waals surface area contributed by atoms with Crippen molar-refractivity contribution in [3.8, 4) is 0 Å². The summed E-state index contributed by atoms with van der Waals surface area (Å²) in [6, 6.07) is 10.2. The quantitative estimate of drug-likeness (QED) is 0.817. The number of carbonyl (C=O) groups is 1. The third-order valence-electron chi connectivity index (χ3n) is 4.11. The maximum Gasteiger partial charge on any atom is 0.311 e. The number of benzene rings is 1. The summed E-state index contributed by atoms with van der Waals surface area (Å²) in [6.07, 6.45) is 1.57. The predicted octanol–water partition coefficient (Wildman–Crippen LogP) is 2.28. The number of aliphatic hydroxyl groups is 1. The summed E-state index contributed by atoms with van der Waals surface area (Å²) in [5.41, 5.74) is 1.18. The van der Waals surface area contributed by atoms with E-state index in [-0.39, 0.29) is 17.3 Å². The Balaban J connectivity index is 2.14. The highest BCUT2D eigenvalue weighted by Crippen LogP contribution is 2.41. The normalized spacial score (nSPS) is 31.9. The zero-order chi connectivity index (χ0) is 13.2. The molecule has 1 aliphatic carbocycles. The van der Waals surface area contributed by atoms with Gasteiger partial charge in [-0.3, -0.25) is 4.79 Å². The Morgan fingerprint density at radius 3 is 2.61 bits per heavy atom. The van der Waals surface area contributed by atoms with Gasteiger partial charge in [-0.15, -0.1) is 0 Å². The highest BCUT2D eigenvalue weighted by atomic mass is 16.5. The van der Waals surface area contributed by atoms with E-state index in [4.69, 9.17) is 4.74 Å². The first-order valence-electron chi connectivity index (χ1n) is 6.38. The number of rotatable bonds is 2. The van der Waals surface area contributed by atoms with Gasteiger partial charge in [0.05, 0.1) is 19.1 Å². The van der Waals surface area contributed by atoms with Crippen molar-refractivity contribution in [2.75, 3.05) is 7.11 Å². The first kappa shape index (κ1) is 13.1. The number of hydrogen-bond acceptors (Lipinski definition) is 3. The highest BCUT2D eigenvalue weighted by Gasteiger charge is 2.41. The van der Waals surface area contributed by atoms with Crippen molar-refractivity contribution in [1.29, 1.82) is 0 Å². The molecule has 0 aromatic heterocycles. The zero-order valence-electron chi connectivity index (χ0n) is 10.9. The first-order valence-corrected chi connectivity index (χ1v) is 6.38. The van der Waals surface area contributed by atoms with E-state index in [0.717, 1.165) is 6.42 Å². The summed E-state index contributed by atoms with van der Waals surface area (Å²) in [5, 5.41) is 10.2. The molecule has 0 amide bonds. The molecule has 1 aromatic carbocycles. The Bertz CT molecular complexity index is 415. The highest BCUT2D eigenvalue weighted by molar-refractivity contribution is 5.73. The van der Waals surface area contributed by atoms with Crippen molar-refractivity contribution in [2.24, 2.45) is 5.92 Å². The Morgan fingerprint density at radius 1 is 1.39 bits per heavy atom. The van der Waals surface area contributed by atoms with Gasteiger partial charge in [0, 0.05) is 0 Å². The average molecular weight is 248 g/mol. The van der Waals surface area contributed by atoms with E-state index >= 15 is 0 Å². The van der Waals surface area contributed by atoms with Gasteiger partial charge in [0.2, 0.25) is 0 Å². The molecular formula is C15H20O3. The van der Waals surface area contributed by atoms with Crippen LogP contribution in [0.15, 0.2) is 30.3 Å². The third-order valence-corrected chi connectivity index (χ3v) is 4.11. The topological polar surface area (TPSA) is 46.5 Å². The number of aliphatic hydroxyl groups excluding tert-OH is 1. The lowest BCUT2D eigenvalue weighted by molar-refractivity contribution is -0.152. The molecule has 0 bridgehead atoms. The fraction of sp³-hybridized carbons (Fsp3) is 0.533. The van der Waals surface area contributed by atoms with Crippen LogP contribution < -0.4 is 0 Å². The molecule has 1 aliphatic rings. The van der Waals surface area contributed by atoms with E-state index in [0.29, 0.717) is 12.8 Å². The van der Waals surface area contributed by atoms with Crippen LogP contribution in [-0.4, -0.2) is 24.3 Å². The molecule has 1 aromatic rings. The van der Waals surface area contributed by atoms with Crippen molar-refractivity contribution < 1.29 is 14.6 Å². The van der Waals surface area contributed by atoms with Crippen LogP contribution >= 0.6 is 0 Å².